The fourth-order valence-corrected chi connectivity index (χ4v) is 1.45. The SMILES string of the molecule is O=C(Nc1ccc(CCl)cc1)C1CC1. The Labute approximate surface area is 88.3 Å². The smallest absolute Gasteiger partial charge is 0.227 e. The lowest BCUT2D eigenvalue weighted by molar-refractivity contribution is -0.117. The van der Waals surface area contributed by atoms with E-state index in [0.717, 1.165) is 24.1 Å². The van der Waals surface area contributed by atoms with Crippen molar-refractivity contribution in [3.8, 4) is 0 Å². The number of benzene rings is 1. The minimum Gasteiger partial charge on any atom is -0.326 e. The van der Waals surface area contributed by atoms with Gasteiger partial charge in [-0.25, -0.2) is 0 Å². The standard InChI is InChI=1S/C11H12ClNO/c12-7-8-1-5-10(6-2-8)13-11(14)9-3-4-9/h1-2,5-6,9H,3-4,7H2,(H,13,14). The summed E-state index contributed by atoms with van der Waals surface area (Å²) in [6, 6.07) is 7.63. The van der Waals surface area contributed by atoms with Crippen LogP contribution in [0.25, 0.3) is 0 Å². The molecule has 0 saturated heterocycles. The summed E-state index contributed by atoms with van der Waals surface area (Å²) >= 11 is 5.66. The molecule has 1 N–H and O–H groups in total. The van der Waals surface area contributed by atoms with Crippen molar-refractivity contribution >= 4 is 23.2 Å². The van der Waals surface area contributed by atoms with Crippen LogP contribution in [0.4, 0.5) is 5.69 Å². The van der Waals surface area contributed by atoms with Crippen LogP contribution in [-0.4, -0.2) is 5.91 Å². The van der Waals surface area contributed by atoms with E-state index in [-0.39, 0.29) is 11.8 Å². The largest absolute Gasteiger partial charge is 0.326 e. The summed E-state index contributed by atoms with van der Waals surface area (Å²) in [6.45, 7) is 0. The van der Waals surface area contributed by atoms with Crippen LogP contribution < -0.4 is 5.32 Å². The Kier molecular flexibility index (Phi) is 2.73. The van der Waals surface area contributed by atoms with Crippen molar-refractivity contribution < 1.29 is 4.79 Å². The van der Waals surface area contributed by atoms with Crippen molar-refractivity contribution in [1.82, 2.24) is 0 Å². The van der Waals surface area contributed by atoms with Crippen LogP contribution in [0.15, 0.2) is 24.3 Å². The van der Waals surface area contributed by atoms with E-state index in [0.29, 0.717) is 5.88 Å². The van der Waals surface area contributed by atoms with Crippen molar-refractivity contribution in [3.05, 3.63) is 29.8 Å². The van der Waals surface area contributed by atoms with Gasteiger partial charge >= 0.3 is 0 Å². The topological polar surface area (TPSA) is 29.1 Å². The molecular formula is C11H12ClNO. The van der Waals surface area contributed by atoms with Gasteiger partial charge in [-0.05, 0) is 30.5 Å². The molecule has 0 aromatic heterocycles. The molecule has 1 aromatic carbocycles. The summed E-state index contributed by atoms with van der Waals surface area (Å²) in [5, 5.41) is 2.87. The summed E-state index contributed by atoms with van der Waals surface area (Å²) in [4.78, 5) is 11.4. The molecule has 0 bridgehead atoms. The summed E-state index contributed by atoms with van der Waals surface area (Å²) in [6.07, 6.45) is 2.07. The molecule has 74 valence electrons. The normalized spacial score (nSPS) is 15.2. The van der Waals surface area contributed by atoms with Gasteiger partial charge in [0.1, 0.15) is 0 Å². The van der Waals surface area contributed by atoms with Gasteiger partial charge in [0.2, 0.25) is 5.91 Å². The van der Waals surface area contributed by atoms with E-state index in [9.17, 15) is 4.79 Å². The number of carbonyl (C=O) groups excluding carboxylic acids is 1. The quantitative estimate of drug-likeness (QED) is 0.763. The third-order valence-electron chi connectivity index (χ3n) is 2.32. The van der Waals surface area contributed by atoms with Crippen molar-refractivity contribution in [2.24, 2.45) is 5.92 Å². The van der Waals surface area contributed by atoms with Crippen LogP contribution in [0.5, 0.6) is 0 Å². The fourth-order valence-electron chi connectivity index (χ4n) is 1.27. The molecule has 0 spiro atoms. The molecule has 3 heteroatoms. The lowest BCUT2D eigenvalue weighted by atomic mass is 10.2. The Morgan fingerprint density at radius 2 is 2.00 bits per heavy atom. The molecule has 1 amide bonds. The van der Waals surface area contributed by atoms with Crippen LogP contribution in [0.1, 0.15) is 18.4 Å². The highest BCUT2D eigenvalue weighted by Gasteiger charge is 2.29. The number of hydrogen-bond acceptors (Lipinski definition) is 1. The first-order chi connectivity index (χ1) is 6.79. The van der Waals surface area contributed by atoms with Crippen molar-refractivity contribution in [2.45, 2.75) is 18.7 Å². The van der Waals surface area contributed by atoms with Crippen molar-refractivity contribution in [2.75, 3.05) is 5.32 Å². The maximum Gasteiger partial charge on any atom is 0.227 e. The van der Waals surface area contributed by atoms with Gasteiger partial charge in [-0.15, -0.1) is 11.6 Å². The number of rotatable bonds is 3. The Hall–Kier alpha value is -1.02. The molecule has 1 aliphatic carbocycles. The van der Waals surface area contributed by atoms with Gasteiger partial charge in [0, 0.05) is 17.5 Å². The van der Waals surface area contributed by atoms with Gasteiger partial charge in [-0.3, -0.25) is 4.79 Å². The van der Waals surface area contributed by atoms with Crippen molar-refractivity contribution in [1.29, 1.82) is 0 Å². The average Bonchev–Trinajstić information content (AvgIpc) is 3.02. The number of alkyl halides is 1. The third kappa shape index (κ3) is 2.26. The van der Waals surface area contributed by atoms with E-state index in [1.54, 1.807) is 0 Å². The first kappa shape index (κ1) is 9.53. The maximum atomic E-state index is 11.4. The number of carbonyl (C=O) groups is 1. The molecule has 2 nitrogen and oxygen atoms in total. The zero-order valence-electron chi connectivity index (χ0n) is 7.79. The predicted molar refractivity (Wildman–Crippen MR) is 57.4 cm³/mol. The molecule has 0 aliphatic heterocycles. The Bertz CT molecular complexity index is 330. The lowest BCUT2D eigenvalue weighted by Gasteiger charge is -2.04. The molecule has 0 atom stereocenters. The first-order valence-electron chi connectivity index (χ1n) is 4.75. The molecule has 2 rings (SSSR count). The van der Waals surface area contributed by atoms with E-state index in [1.807, 2.05) is 24.3 Å². The van der Waals surface area contributed by atoms with Crippen LogP contribution in [0.2, 0.25) is 0 Å². The van der Waals surface area contributed by atoms with E-state index in [1.165, 1.54) is 0 Å². The predicted octanol–water partition coefficient (Wildman–Crippen LogP) is 2.77. The fraction of sp³-hybridized carbons (Fsp3) is 0.364. The zero-order chi connectivity index (χ0) is 9.97. The molecule has 1 aliphatic rings. The van der Waals surface area contributed by atoms with E-state index < -0.39 is 0 Å². The average molecular weight is 210 g/mol. The summed E-state index contributed by atoms with van der Waals surface area (Å²) in [5.74, 6) is 0.906. The molecule has 1 saturated carbocycles. The van der Waals surface area contributed by atoms with E-state index in [2.05, 4.69) is 5.32 Å². The van der Waals surface area contributed by atoms with Gasteiger partial charge in [-0.1, -0.05) is 12.1 Å². The first-order valence-corrected chi connectivity index (χ1v) is 5.29. The van der Waals surface area contributed by atoms with Crippen molar-refractivity contribution in [3.63, 3.8) is 0 Å². The Morgan fingerprint density at radius 3 is 2.50 bits per heavy atom. The second-order valence-electron chi connectivity index (χ2n) is 3.59. The third-order valence-corrected chi connectivity index (χ3v) is 2.63. The minimum atomic E-state index is 0.142. The molecular weight excluding hydrogens is 198 g/mol. The monoisotopic (exact) mass is 209 g/mol. The lowest BCUT2D eigenvalue weighted by Crippen LogP contribution is -2.13. The highest BCUT2D eigenvalue weighted by Crippen LogP contribution is 2.30. The van der Waals surface area contributed by atoms with Crippen LogP contribution in [0.3, 0.4) is 0 Å². The summed E-state index contributed by atoms with van der Waals surface area (Å²) < 4.78 is 0. The van der Waals surface area contributed by atoms with Gasteiger partial charge in [-0.2, -0.15) is 0 Å². The number of amides is 1. The molecule has 1 aromatic rings. The van der Waals surface area contributed by atoms with Gasteiger partial charge < -0.3 is 5.32 Å². The summed E-state index contributed by atoms with van der Waals surface area (Å²) in [5.41, 5.74) is 1.92. The molecule has 0 heterocycles. The molecule has 1 fully saturated rings. The van der Waals surface area contributed by atoms with Crippen LogP contribution in [-0.2, 0) is 10.7 Å². The second kappa shape index (κ2) is 4.01. The second-order valence-corrected chi connectivity index (χ2v) is 3.86. The molecule has 0 radical (unpaired) electrons. The number of hydrogen-bond donors (Lipinski definition) is 1. The van der Waals surface area contributed by atoms with Gasteiger partial charge in [0.05, 0.1) is 0 Å². The highest BCUT2D eigenvalue weighted by atomic mass is 35.5. The van der Waals surface area contributed by atoms with Crippen LogP contribution >= 0.6 is 11.6 Å². The highest BCUT2D eigenvalue weighted by molar-refractivity contribution is 6.17. The van der Waals surface area contributed by atoms with E-state index >= 15 is 0 Å². The molecule has 14 heavy (non-hydrogen) atoms. The molecule has 0 unspecified atom stereocenters. The number of nitrogens with one attached hydrogen (secondary N) is 1. The number of anilines is 1. The van der Waals surface area contributed by atoms with Crippen LogP contribution in [0, 0.1) is 5.92 Å². The Balaban J connectivity index is 1.98. The zero-order valence-corrected chi connectivity index (χ0v) is 8.55. The van der Waals surface area contributed by atoms with E-state index in [4.69, 9.17) is 11.6 Å². The van der Waals surface area contributed by atoms with Gasteiger partial charge in [0.25, 0.3) is 0 Å². The minimum absolute atomic E-state index is 0.142. The number of halogens is 1. The maximum absolute atomic E-state index is 11.4. The Morgan fingerprint density at radius 1 is 1.36 bits per heavy atom. The summed E-state index contributed by atoms with van der Waals surface area (Å²) in [7, 11) is 0. The van der Waals surface area contributed by atoms with Gasteiger partial charge in [0.15, 0.2) is 0 Å².